The second-order valence-electron chi connectivity index (χ2n) is 7.14. The number of fused-ring (bicyclic) bond motifs is 3. The Labute approximate surface area is 154 Å². The van der Waals surface area contributed by atoms with Gasteiger partial charge in [0.1, 0.15) is 5.58 Å². The summed E-state index contributed by atoms with van der Waals surface area (Å²) in [5.41, 5.74) is 1.93. The van der Waals surface area contributed by atoms with E-state index < -0.39 is 18.6 Å². The molecule has 4 aromatic rings. The smallest absolute Gasteiger partial charge is 0.227 e. The Kier molecular flexibility index (Phi) is 2.51. The predicted octanol–water partition coefficient (Wildman–Crippen LogP) is 5.94. The average Bonchev–Trinajstić information content (AvgIpc) is 3.04. The van der Waals surface area contributed by atoms with E-state index in [-0.39, 0.29) is 5.56 Å². The molecule has 1 aromatic carbocycles. The third-order valence-corrected chi connectivity index (χ3v) is 3.90. The van der Waals surface area contributed by atoms with Crippen molar-refractivity contribution in [1.82, 2.24) is 9.97 Å². The molecular weight excluding hydrogens is 308 g/mol. The zero-order valence-electron chi connectivity index (χ0n) is 19.4. The molecule has 0 aliphatic rings. The largest absolute Gasteiger partial charge is 0.437 e. The normalized spacial score (nSPS) is 16.2. The molecular formula is C22H22N2O. The number of aryl methyl sites for hydroxylation is 1. The van der Waals surface area contributed by atoms with Gasteiger partial charge in [-0.3, -0.25) is 4.98 Å². The molecule has 25 heavy (non-hydrogen) atoms. The van der Waals surface area contributed by atoms with Crippen LogP contribution in [-0.4, -0.2) is 9.97 Å². The van der Waals surface area contributed by atoms with Gasteiger partial charge in [-0.05, 0) is 54.5 Å². The van der Waals surface area contributed by atoms with Crippen LogP contribution in [0.15, 0.2) is 53.1 Å². The highest BCUT2D eigenvalue weighted by Gasteiger charge is 2.16. The van der Waals surface area contributed by atoms with Gasteiger partial charge >= 0.3 is 0 Å². The quantitative estimate of drug-likeness (QED) is 0.455. The summed E-state index contributed by atoms with van der Waals surface area (Å²) >= 11 is 0. The van der Waals surface area contributed by atoms with Crippen LogP contribution < -0.4 is 0 Å². The summed E-state index contributed by atoms with van der Waals surface area (Å²) in [4.78, 5) is 8.83. The topological polar surface area (TPSA) is 38.9 Å². The second kappa shape index (κ2) is 5.69. The van der Waals surface area contributed by atoms with Crippen LogP contribution in [0.2, 0.25) is 0 Å². The molecule has 0 N–H and O–H groups in total. The second-order valence-corrected chi connectivity index (χ2v) is 7.14. The first kappa shape index (κ1) is 11.0. The van der Waals surface area contributed by atoms with E-state index in [1.54, 1.807) is 12.1 Å². The summed E-state index contributed by atoms with van der Waals surface area (Å²) in [5.74, 6) is 0. The molecule has 0 amide bonds. The SMILES string of the molecule is [2H]C([2H])([2H])c1ccnc(-c2cccc3c2oc2nc(C([2H])([2H])C(C)(C)C)ccc23)c1. The molecule has 0 spiro atoms. The summed E-state index contributed by atoms with van der Waals surface area (Å²) in [6.07, 6.45) is -0.161. The van der Waals surface area contributed by atoms with Crippen molar-refractivity contribution in [1.29, 1.82) is 0 Å². The van der Waals surface area contributed by atoms with Crippen molar-refractivity contribution in [2.24, 2.45) is 5.41 Å². The molecule has 3 aromatic heterocycles. The summed E-state index contributed by atoms with van der Waals surface area (Å²) in [7, 11) is 0. The zero-order valence-corrected chi connectivity index (χ0v) is 14.4. The van der Waals surface area contributed by atoms with Crippen molar-refractivity contribution in [2.45, 2.75) is 34.0 Å². The zero-order chi connectivity index (χ0) is 21.9. The Morgan fingerprint density at radius 2 is 2.00 bits per heavy atom. The first-order valence-electron chi connectivity index (χ1n) is 10.7. The Morgan fingerprint density at radius 1 is 1.12 bits per heavy atom. The molecule has 0 saturated heterocycles. The molecule has 0 saturated carbocycles. The summed E-state index contributed by atoms with van der Waals surface area (Å²) < 4.78 is 46.0. The monoisotopic (exact) mass is 335 g/mol. The molecule has 0 bridgehead atoms. The van der Waals surface area contributed by atoms with Gasteiger partial charge in [-0.25, -0.2) is 4.98 Å². The van der Waals surface area contributed by atoms with Gasteiger partial charge in [0.2, 0.25) is 5.71 Å². The van der Waals surface area contributed by atoms with Crippen molar-refractivity contribution in [3.05, 3.63) is 59.9 Å². The molecule has 4 rings (SSSR count). The highest BCUT2D eigenvalue weighted by atomic mass is 16.3. The van der Waals surface area contributed by atoms with E-state index in [0.717, 1.165) is 10.8 Å². The minimum absolute atomic E-state index is 0.208. The Hall–Kier alpha value is -2.68. The van der Waals surface area contributed by atoms with Crippen LogP contribution in [0.4, 0.5) is 0 Å². The molecule has 0 atom stereocenters. The highest BCUT2D eigenvalue weighted by Crippen LogP contribution is 2.35. The molecule has 0 unspecified atom stereocenters. The van der Waals surface area contributed by atoms with E-state index in [4.69, 9.17) is 11.3 Å². The fraction of sp³-hybridized carbons (Fsp3) is 0.273. The van der Waals surface area contributed by atoms with Crippen LogP contribution >= 0.6 is 0 Å². The minimum atomic E-state index is -2.23. The molecule has 3 nitrogen and oxygen atoms in total. The first-order valence-corrected chi connectivity index (χ1v) is 8.19. The lowest BCUT2D eigenvalue weighted by molar-refractivity contribution is 0.406. The van der Waals surface area contributed by atoms with Crippen LogP contribution in [0.25, 0.3) is 33.3 Å². The average molecular weight is 335 g/mol. The van der Waals surface area contributed by atoms with Crippen LogP contribution in [0.1, 0.15) is 38.9 Å². The van der Waals surface area contributed by atoms with Crippen LogP contribution in [-0.2, 0) is 6.37 Å². The molecule has 3 heterocycles. The van der Waals surface area contributed by atoms with Crippen molar-refractivity contribution in [2.75, 3.05) is 0 Å². The maximum Gasteiger partial charge on any atom is 0.227 e. The number of aromatic nitrogens is 2. The van der Waals surface area contributed by atoms with E-state index in [9.17, 15) is 0 Å². The number of pyridine rings is 2. The standard InChI is InChI=1S/C22H22N2O/c1-14-10-11-23-19(12-14)18-7-5-6-16-17-9-8-15(13-22(2,3)4)24-21(17)25-20(16)18/h5-12H,13H2,1-4H3/i1D3,13D2. The van der Waals surface area contributed by atoms with Crippen LogP contribution in [0, 0.1) is 12.3 Å². The third kappa shape index (κ3) is 3.02. The highest BCUT2D eigenvalue weighted by molar-refractivity contribution is 6.08. The van der Waals surface area contributed by atoms with Crippen LogP contribution in [0.3, 0.4) is 0 Å². The third-order valence-electron chi connectivity index (χ3n) is 3.90. The Morgan fingerprint density at radius 3 is 2.80 bits per heavy atom. The van der Waals surface area contributed by atoms with Gasteiger partial charge in [-0.1, -0.05) is 32.9 Å². The molecule has 0 radical (unpaired) electrons. The number of hydrogen-bond acceptors (Lipinski definition) is 3. The van der Waals surface area contributed by atoms with Gasteiger partial charge in [0.05, 0.1) is 5.69 Å². The lowest BCUT2D eigenvalue weighted by Crippen LogP contribution is -2.10. The summed E-state index contributed by atoms with van der Waals surface area (Å²) in [5, 5.41) is 1.59. The summed E-state index contributed by atoms with van der Waals surface area (Å²) in [6, 6.07) is 12.1. The number of benzene rings is 1. The predicted molar refractivity (Wildman–Crippen MR) is 103 cm³/mol. The molecule has 126 valence electrons. The maximum atomic E-state index is 8.49. The molecule has 0 aliphatic heterocycles. The van der Waals surface area contributed by atoms with Gasteiger partial charge in [0.15, 0.2) is 0 Å². The van der Waals surface area contributed by atoms with Gasteiger partial charge in [-0.2, -0.15) is 0 Å². The lowest BCUT2D eigenvalue weighted by atomic mass is 9.90. The fourth-order valence-corrected chi connectivity index (χ4v) is 2.91. The van der Waals surface area contributed by atoms with Gasteiger partial charge < -0.3 is 4.42 Å². The van der Waals surface area contributed by atoms with E-state index in [0.29, 0.717) is 28.2 Å². The first-order chi connectivity index (χ1) is 13.9. The Balaban J connectivity index is 1.92. The summed E-state index contributed by atoms with van der Waals surface area (Å²) in [6.45, 7) is 3.27. The number of para-hydroxylation sites is 1. The van der Waals surface area contributed by atoms with E-state index in [2.05, 4.69) is 9.97 Å². The lowest BCUT2D eigenvalue weighted by Gasteiger charge is -2.16. The number of rotatable bonds is 2. The van der Waals surface area contributed by atoms with Crippen molar-refractivity contribution < 1.29 is 11.3 Å². The van der Waals surface area contributed by atoms with Crippen LogP contribution in [0.5, 0.6) is 0 Å². The fourth-order valence-electron chi connectivity index (χ4n) is 2.91. The number of furan rings is 1. The molecule has 0 fully saturated rings. The van der Waals surface area contributed by atoms with Gasteiger partial charge in [0, 0.05) is 35.1 Å². The number of nitrogens with zero attached hydrogens (tertiary/aromatic N) is 2. The van der Waals surface area contributed by atoms with Crippen molar-refractivity contribution in [3.8, 4) is 11.3 Å². The van der Waals surface area contributed by atoms with Crippen molar-refractivity contribution in [3.63, 3.8) is 0 Å². The maximum absolute atomic E-state index is 8.49. The van der Waals surface area contributed by atoms with Crippen molar-refractivity contribution >= 4 is 22.1 Å². The van der Waals surface area contributed by atoms with Gasteiger partial charge in [-0.15, -0.1) is 0 Å². The van der Waals surface area contributed by atoms with E-state index in [1.165, 1.54) is 12.3 Å². The van der Waals surface area contributed by atoms with Gasteiger partial charge in [0.25, 0.3) is 0 Å². The van der Waals surface area contributed by atoms with E-state index in [1.807, 2.05) is 45.0 Å². The van der Waals surface area contributed by atoms with E-state index >= 15 is 0 Å². The minimum Gasteiger partial charge on any atom is -0.437 e. The molecule has 3 heteroatoms. The Bertz CT molecular complexity index is 1250. The molecule has 0 aliphatic carbocycles. The number of hydrogen-bond donors (Lipinski definition) is 0.